The first-order chi connectivity index (χ1) is 9.70. The summed E-state index contributed by atoms with van der Waals surface area (Å²) in [5.41, 5.74) is 5.75. The highest BCUT2D eigenvalue weighted by atomic mass is 35.5. The summed E-state index contributed by atoms with van der Waals surface area (Å²) in [6.45, 7) is -0.136. The molecule has 1 aromatic rings. The standard InChI is InChI=1S/C13H13Cl2F3N2O/c14-9-3-1-7(5-10(9)15)12(21)20-6-8(19)2-4-11(20)13(16,17)18/h1,3,5,8,11H,2,4,6,19H2/t8-,11-/m0/s1. The van der Waals surface area contributed by atoms with Crippen LogP contribution in [0.15, 0.2) is 18.2 Å². The van der Waals surface area contributed by atoms with Gasteiger partial charge in [-0.15, -0.1) is 0 Å². The molecule has 1 amide bonds. The number of halogens is 5. The van der Waals surface area contributed by atoms with E-state index in [0.29, 0.717) is 0 Å². The third-order valence-corrected chi connectivity index (χ3v) is 4.16. The van der Waals surface area contributed by atoms with E-state index in [0.717, 1.165) is 4.90 Å². The number of carbonyl (C=O) groups excluding carboxylic acids is 1. The average Bonchev–Trinajstić information content (AvgIpc) is 2.39. The van der Waals surface area contributed by atoms with Crippen LogP contribution in [0.4, 0.5) is 13.2 Å². The predicted molar refractivity (Wildman–Crippen MR) is 74.6 cm³/mol. The van der Waals surface area contributed by atoms with Gasteiger partial charge >= 0.3 is 6.18 Å². The van der Waals surface area contributed by atoms with E-state index < -0.39 is 24.2 Å². The topological polar surface area (TPSA) is 46.3 Å². The van der Waals surface area contributed by atoms with E-state index in [4.69, 9.17) is 28.9 Å². The minimum absolute atomic E-state index is 0.0627. The van der Waals surface area contributed by atoms with Crippen molar-refractivity contribution < 1.29 is 18.0 Å². The Morgan fingerprint density at radius 1 is 1.24 bits per heavy atom. The van der Waals surface area contributed by atoms with Crippen molar-refractivity contribution in [3.63, 3.8) is 0 Å². The molecule has 3 nitrogen and oxygen atoms in total. The summed E-state index contributed by atoms with van der Waals surface area (Å²) >= 11 is 11.5. The largest absolute Gasteiger partial charge is 0.408 e. The van der Waals surface area contributed by atoms with Crippen LogP contribution in [0.25, 0.3) is 0 Å². The Labute approximate surface area is 129 Å². The third kappa shape index (κ3) is 3.62. The number of hydrogen-bond acceptors (Lipinski definition) is 2. The maximum absolute atomic E-state index is 13.1. The molecular formula is C13H13Cl2F3N2O. The van der Waals surface area contributed by atoms with Gasteiger partial charge in [0.05, 0.1) is 10.0 Å². The highest BCUT2D eigenvalue weighted by Crippen LogP contribution is 2.33. The number of benzene rings is 1. The van der Waals surface area contributed by atoms with Crippen LogP contribution in [0.1, 0.15) is 23.2 Å². The first-order valence-electron chi connectivity index (χ1n) is 6.28. The number of alkyl halides is 3. The van der Waals surface area contributed by atoms with E-state index in [1.807, 2.05) is 0 Å². The quantitative estimate of drug-likeness (QED) is 0.850. The fourth-order valence-electron chi connectivity index (χ4n) is 2.36. The molecule has 1 heterocycles. The second-order valence-electron chi connectivity index (χ2n) is 4.98. The molecule has 1 aliphatic rings. The number of piperidine rings is 1. The van der Waals surface area contributed by atoms with Crippen LogP contribution in [0.2, 0.25) is 10.0 Å². The number of hydrogen-bond donors (Lipinski definition) is 1. The van der Waals surface area contributed by atoms with Crippen LogP contribution in [0, 0.1) is 0 Å². The van der Waals surface area contributed by atoms with E-state index in [9.17, 15) is 18.0 Å². The number of carbonyl (C=O) groups is 1. The Hall–Kier alpha value is -0.980. The lowest BCUT2D eigenvalue weighted by Gasteiger charge is -2.39. The zero-order chi connectivity index (χ0) is 15.8. The second-order valence-corrected chi connectivity index (χ2v) is 5.80. The fourth-order valence-corrected chi connectivity index (χ4v) is 2.66. The van der Waals surface area contributed by atoms with Crippen LogP contribution in [-0.4, -0.2) is 35.6 Å². The third-order valence-electron chi connectivity index (χ3n) is 3.42. The van der Waals surface area contributed by atoms with E-state index in [1.54, 1.807) is 0 Å². The number of nitrogens with two attached hydrogens (primary N) is 1. The molecule has 1 fully saturated rings. The molecule has 1 aromatic carbocycles. The minimum Gasteiger partial charge on any atom is -0.326 e. The molecule has 0 spiro atoms. The Balaban J connectivity index is 2.31. The first-order valence-corrected chi connectivity index (χ1v) is 7.04. The molecule has 0 bridgehead atoms. The van der Waals surface area contributed by atoms with Crippen molar-refractivity contribution in [3.8, 4) is 0 Å². The number of likely N-dealkylation sites (tertiary alicyclic amines) is 1. The van der Waals surface area contributed by atoms with Gasteiger partial charge in [0.2, 0.25) is 0 Å². The lowest BCUT2D eigenvalue weighted by Crippen LogP contribution is -2.56. The molecule has 0 radical (unpaired) electrons. The zero-order valence-electron chi connectivity index (χ0n) is 10.8. The van der Waals surface area contributed by atoms with Gasteiger partial charge in [-0.05, 0) is 31.0 Å². The van der Waals surface area contributed by atoms with Crippen LogP contribution >= 0.6 is 23.2 Å². The van der Waals surface area contributed by atoms with Gasteiger partial charge in [-0.1, -0.05) is 23.2 Å². The van der Waals surface area contributed by atoms with Gasteiger partial charge in [-0.25, -0.2) is 0 Å². The summed E-state index contributed by atoms with van der Waals surface area (Å²) in [4.78, 5) is 13.1. The van der Waals surface area contributed by atoms with Gasteiger partial charge in [0, 0.05) is 18.2 Å². The summed E-state index contributed by atoms with van der Waals surface area (Å²) in [7, 11) is 0. The van der Waals surface area contributed by atoms with Gasteiger partial charge in [0.15, 0.2) is 0 Å². The normalized spacial score (nSPS) is 23.2. The monoisotopic (exact) mass is 340 g/mol. The van der Waals surface area contributed by atoms with Crippen molar-refractivity contribution in [2.45, 2.75) is 31.1 Å². The van der Waals surface area contributed by atoms with E-state index in [1.165, 1.54) is 18.2 Å². The maximum Gasteiger partial charge on any atom is 0.408 e. The lowest BCUT2D eigenvalue weighted by atomic mass is 9.97. The van der Waals surface area contributed by atoms with Crippen LogP contribution in [-0.2, 0) is 0 Å². The SMILES string of the molecule is N[C@H]1CC[C@@H](C(F)(F)F)N(C(=O)c2ccc(Cl)c(Cl)c2)C1. The Kier molecular flexibility index (Phi) is 4.70. The molecule has 1 aliphatic heterocycles. The smallest absolute Gasteiger partial charge is 0.326 e. The summed E-state index contributed by atoms with van der Waals surface area (Å²) < 4.78 is 39.2. The van der Waals surface area contributed by atoms with Crippen LogP contribution in [0.5, 0.6) is 0 Å². The van der Waals surface area contributed by atoms with Crippen LogP contribution < -0.4 is 5.73 Å². The van der Waals surface area contributed by atoms with Gasteiger partial charge in [-0.3, -0.25) is 4.79 Å². The minimum atomic E-state index is -4.48. The van der Waals surface area contributed by atoms with E-state index in [2.05, 4.69) is 0 Å². The molecular weight excluding hydrogens is 328 g/mol. The molecule has 116 valence electrons. The van der Waals surface area contributed by atoms with Crippen molar-refractivity contribution in [3.05, 3.63) is 33.8 Å². The van der Waals surface area contributed by atoms with Crippen molar-refractivity contribution in [2.75, 3.05) is 6.54 Å². The Morgan fingerprint density at radius 2 is 1.90 bits per heavy atom. The highest BCUT2D eigenvalue weighted by Gasteiger charge is 2.47. The number of rotatable bonds is 1. The van der Waals surface area contributed by atoms with Crippen molar-refractivity contribution in [2.24, 2.45) is 5.73 Å². The summed E-state index contributed by atoms with van der Waals surface area (Å²) in [6, 6.07) is 1.71. The van der Waals surface area contributed by atoms with Crippen molar-refractivity contribution >= 4 is 29.1 Å². The van der Waals surface area contributed by atoms with Gasteiger partial charge in [0.25, 0.3) is 5.91 Å². The molecule has 1 saturated heterocycles. The molecule has 0 unspecified atom stereocenters. The highest BCUT2D eigenvalue weighted by molar-refractivity contribution is 6.42. The van der Waals surface area contributed by atoms with Crippen molar-refractivity contribution in [1.29, 1.82) is 0 Å². The molecule has 2 atom stereocenters. The number of amides is 1. The summed E-state index contributed by atoms with van der Waals surface area (Å²) in [5, 5.41) is 0.350. The van der Waals surface area contributed by atoms with Crippen molar-refractivity contribution in [1.82, 2.24) is 4.90 Å². The fraction of sp³-hybridized carbons (Fsp3) is 0.462. The molecule has 8 heteroatoms. The summed E-state index contributed by atoms with van der Waals surface area (Å²) in [6.07, 6.45) is -4.45. The zero-order valence-corrected chi connectivity index (χ0v) is 12.3. The van der Waals surface area contributed by atoms with Gasteiger partial charge < -0.3 is 10.6 Å². The molecule has 0 saturated carbocycles. The molecule has 0 aromatic heterocycles. The Bertz CT molecular complexity index is 551. The number of nitrogens with zero attached hydrogens (tertiary/aromatic N) is 1. The van der Waals surface area contributed by atoms with Gasteiger partial charge in [0.1, 0.15) is 6.04 Å². The molecule has 0 aliphatic carbocycles. The first kappa shape index (κ1) is 16.4. The predicted octanol–water partition coefficient (Wildman–Crippen LogP) is 3.49. The maximum atomic E-state index is 13.1. The van der Waals surface area contributed by atoms with E-state index in [-0.39, 0.29) is 35.0 Å². The molecule has 21 heavy (non-hydrogen) atoms. The summed E-state index contributed by atoms with van der Waals surface area (Å²) in [5.74, 6) is -0.744. The average molecular weight is 341 g/mol. The molecule has 2 N–H and O–H groups in total. The van der Waals surface area contributed by atoms with Crippen LogP contribution in [0.3, 0.4) is 0 Å². The Morgan fingerprint density at radius 3 is 2.48 bits per heavy atom. The second kappa shape index (κ2) is 6.02. The molecule has 2 rings (SSSR count). The lowest BCUT2D eigenvalue weighted by molar-refractivity contribution is -0.184. The van der Waals surface area contributed by atoms with Gasteiger partial charge in [-0.2, -0.15) is 13.2 Å². The van der Waals surface area contributed by atoms with E-state index >= 15 is 0 Å².